The zero-order valence-corrected chi connectivity index (χ0v) is 8.90. The lowest BCUT2D eigenvalue weighted by Crippen LogP contribution is -2.13. The Morgan fingerprint density at radius 3 is 3.31 bits per heavy atom. The average Bonchev–Trinajstić information content (AvgIpc) is 2.53. The number of aliphatic hydroxyl groups excluding tert-OH is 1. The summed E-state index contributed by atoms with van der Waals surface area (Å²) < 4.78 is 1.28. The van der Waals surface area contributed by atoms with Gasteiger partial charge in [0, 0.05) is 10.8 Å². The number of rotatable bonds is 2. The maximum Gasteiger partial charge on any atom is 0.0819 e. The molecule has 1 aromatic rings. The van der Waals surface area contributed by atoms with Gasteiger partial charge in [-0.1, -0.05) is 6.08 Å². The number of fused-ring (bicyclic) bond motifs is 1. The molecule has 1 nitrogen and oxygen atoms in total. The largest absolute Gasteiger partial charge is 0.388 e. The van der Waals surface area contributed by atoms with Crippen LogP contribution in [0.5, 0.6) is 0 Å². The van der Waals surface area contributed by atoms with Gasteiger partial charge in [-0.15, -0.1) is 29.7 Å². The third kappa shape index (κ3) is 1.82. The first-order valence-electron chi connectivity index (χ1n) is 4.34. The van der Waals surface area contributed by atoms with Gasteiger partial charge in [0.05, 0.1) is 10.3 Å². The van der Waals surface area contributed by atoms with E-state index in [1.54, 1.807) is 11.3 Å². The molecule has 2 heterocycles. The van der Waals surface area contributed by atoms with E-state index in [0.29, 0.717) is 5.25 Å². The van der Waals surface area contributed by atoms with E-state index in [1.807, 2.05) is 23.9 Å². The van der Waals surface area contributed by atoms with Crippen molar-refractivity contribution in [3.8, 4) is 0 Å². The van der Waals surface area contributed by atoms with Gasteiger partial charge in [0.2, 0.25) is 0 Å². The first-order chi connectivity index (χ1) is 6.31. The summed E-state index contributed by atoms with van der Waals surface area (Å²) in [5.41, 5.74) is 1.12. The lowest BCUT2D eigenvalue weighted by molar-refractivity contribution is 0.162. The van der Waals surface area contributed by atoms with Crippen molar-refractivity contribution in [1.29, 1.82) is 0 Å². The summed E-state index contributed by atoms with van der Waals surface area (Å²) in [5.74, 6) is 0. The Bertz CT molecular complexity index is 306. The second kappa shape index (κ2) is 3.86. The van der Waals surface area contributed by atoms with Crippen molar-refractivity contribution in [2.75, 3.05) is 0 Å². The maximum absolute atomic E-state index is 9.81. The van der Waals surface area contributed by atoms with E-state index in [9.17, 15) is 5.11 Å². The zero-order chi connectivity index (χ0) is 9.26. The monoisotopic (exact) mass is 212 g/mol. The number of hydrogen-bond acceptors (Lipinski definition) is 3. The van der Waals surface area contributed by atoms with Crippen molar-refractivity contribution >= 4 is 23.1 Å². The van der Waals surface area contributed by atoms with Gasteiger partial charge in [-0.25, -0.2) is 0 Å². The molecule has 70 valence electrons. The van der Waals surface area contributed by atoms with E-state index in [-0.39, 0.29) is 6.10 Å². The Morgan fingerprint density at radius 2 is 2.54 bits per heavy atom. The van der Waals surface area contributed by atoms with Gasteiger partial charge in [0.15, 0.2) is 0 Å². The summed E-state index contributed by atoms with van der Waals surface area (Å²) in [4.78, 5) is 0. The number of thioether (sulfide) groups is 1. The molecule has 3 heteroatoms. The van der Waals surface area contributed by atoms with Gasteiger partial charge in [0.25, 0.3) is 0 Å². The molecular weight excluding hydrogens is 200 g/mol. The molecule has 2 rings (SSSR count). The lowest BCUT2D eigenvalue weighted by Gasteiger charge is -2.24. The SMILES string of the molecule is C=CC[C@H]1C[C@H](O)c2ccsc2S1. The van der Waals surface area contributed by atoms with Gasteiger partial charge in [-0.3, -0.25) is 0 Å². The molecular formula is C10H12OS2. The maximum atomic E-state index is 9.81. The molecule has 0 aromatic carbocycles. The molecule has 0 radical (unpaired) electrons. The molecule has 1 aliphatic heterocycles. The van der Waals surface area contributed by atoms with E-state index in [0.717, 1.165) is 18.4 Å². The fraction of sp³-hybridized carbons (Fsp3) is 0.400. The summed E-state index contributed by atoms with van der Waals surface area (Å²) in [5, 5.41) is 12.4. The minimum absolute atomic E-state index is 0.257. The third-order valence-electron chi connectivity index (χ3n) is 2.21. The normalized spacial score (nSPS) is 26.8. The van der Waals surface area contributed by atoms with Crippen LogP contribution in [0.15, 0.2) is 28.3 Å². The molecule has 0 saturated carbocycles. The first kappa shape index (κ1) is 9.31. The van der Waals surface area contributed by atoms with Gasteiger partial charge in [0.1, 0.15) is 0 Å². The number of thiophene rings is 1. The quantitative estimate of drug-likeness (QED) is 0.760. The highest BCUT2D eigenvalue weighted by Crippen LogP contribution is 2.44. The molecule has 0 unspecified atom stereocenters. The van der Waals surface area contributed by atoms with Crippen molar-refractivity contribution in [2.24, 2.45) is 0 Å². The summed E-state index contributed by atoms with van der Waals surface area (Å²) in [7, 11) is 0. The molecule has 13 heavy (non-hydrogen) atoms. The smallest absolute Gasteiger partial charge is 0.0819 e. The van der Waals surface area contributed by atoms with Crippen LogP contribution in [0.1, 0.15) is 24.5 Å². The Labute approximate surface area is 86.5 Å². The van der Waals surface area contributed by atoms with Crippen molar-refractivity contribution in [1.82, 2.24) is 0 Å². The summed E-state index contributed by atoms with van der Waals surface area (Å²) in [6, 6.07) is 2.03. The number of aliphatic hydroxyl groups is 1. The summed E-state index contributed by atoms with van der Waals surface area (Å²) in [6.07, 6.45) is 3.52. The van der Waals surface area contributed by atoms with Gasteiger partial charge in [-0.2, -0.15) is 0 Å². The molecule has 1 aromatic heterocycles. The van der Waals surface area contributed by atoms with E-state index in [1.165, 1.54) is 4.21 Å². The van der Waals surface area contributed by atoms with E-state index >= 15 is 0 Å². The highest BCUT2D eigenvalue weighted by Gasteiger charge is 2.26. The van der Waals surface area contributed by atoms with Crippen LogP contribution in [0.3, 0.4) is 0 Å². The van der Waals surface area contributed by atoms with Crippen LogP contribution >= 0.6 is 23.1 Å². The van der Waals surface area contributed by atoms with Crippen LogP contribution in [-0.4, -0.2) is 10.4 Å². The summed E-state index contributed by atoms with van der Waals surface area (Å²) >= 11 is 3.61. The Balaban J connectivity index is 2.18. The lowest BCUT2D eigenvalue weighted by atomic mass is 10.1. The van der Waals surface area contributed by atoms with Gasteiger partial charge < -0.3 is 5.11 Å². The molecule has 2 atom stereocenters. The molecule has 0 fully saturated rings. The molecule has 0 spiro atoms. The van der Waals surface area contributed by atoms with Crippen LogP contribution < -0.4 is 0 Å². The molecule has 1 N–H and O–H groups in total. The van der Waals surface area contributed by atoms with Crippen molar-refractivity contribution < 1.29 is 5.11 Å². The van der Waals surface area contributed by atoms with Crippen LogP contribution in [0.4, 0.5) is 0 Å². The second-order valence-corrected chi connectivity index (χ2v) is 5.66. The zero-order valence-electron chi connectivity index (χ0n) is 7.27. The highest BCUT2D eigenvalue weighted by atomic mass is 32.2. The van der Waals surface area contributed by atoms with E-state index < -0.39 is 0 Å². The van der Waals surface area contributed by atoms with Crippen LogP contribution in [0, 0.1) is 0 Å². The summed E-state index contributed by atoms with van der Waals surface area (Å²) in [6.45, 7) is 3.73. The predicted molar refractivity (Wildman–Crippen MR) is 58.4 cm³/mol. The minimum atomic E-state index is -0.257. The van der Waals surface area contributed by atoms with Crippen molar-refractivity contribution in [2.45, 2.75) is 28.4 Å². The molecule has 0 bridgehead atoms. The fourth-order valence-electron chi connectivity index (χ4n) is 1.55. The Kier molecular flexibility index (Phi) is 2.77. The predicted octanol–water partition coefficient (Wildman–Crippen LogP) is 3.22. The minimum Gasteiger partial charge on any atom is -0.388 e. The van der Waals surface area contributed by atoms with E-state index in [2.05, 4.69) is 12.0 Å². The molecule has 1 aliphatic rings. The number of hydrogen-bond donors (Lipinski definition) is 1. The van der Waals surface area contributed by atoms with Crippen LogP contribution in [-0.2, 0) is 0 Å². The van der Waals surface area contributed by atoms with Crippen LogP contribution in [0.2, 0.25) is 0 Å². The van der Waals surface area contributed by atoms with Crippen molar-refractivity contribution in [3.05, 3.63) is 29.7 Å². The first-order valence-corrected chi connectivity index (χ1v) is 6.10. The average molecular weight is 212 g/mol. The highest BCUT2D eigenvalue weighted by molar-refractivity contribution is 8.01. The van der Waals surface area contributed by atoms with Crippen molar-refractivity contribution in [3.63, 3.8) is 0 Å². The molecule has 0 aliphatic carbocycles. The topological polar surface area (TPSA) is 20.2 Å². The molecule has 0 amide bonds. The Hall–Kier alpha value is -0.250. The van der Waals surface area contributed by atoms with Gasteiger partial charge in [-0.05, 0) is 24.3 Å². The second-order valence-electron chi connectivity index (χ2n) is 3.18. The van der Waals surface area contributed by atoms with Crippen LogP contribution in [0.25, 0.3) is 0 Å². The van der Waals surface area contributed by atoms with E-state index in [4.69, 9.17) is 0 Å². The fourth-order valence-corrected chi connectivity index (χ4v) is 4.18. The third-order valence-corrected chi connectivity index (χ3v) is 4.67. The van der Waals surface area contributed by atoms with Gasteiger partial charge >= 0.3 is 0 Å². The number of allylic oxidation sites excluding steroid dienone is 1. The molecule has 0 saturated heterocycles. The standard InChI is InChI=1S/C10H12OS2/c1-2-3-7-6-9(11)8-4-5-12-10(8)13-7/h2,4-5,7,9,11H,1,3,6H2/t7-,9-/m0/s1. The Morgan fingerprint density at radius 1 is 1.69 bits per heavy atom.